The van der Waals surface area contributed by atoms with Crippen LogP contribution in [0.4, 0.5) is 0 Å². The molecule has 0 aliphatic carbocycles. The topological polar surface area (TPSA) is 107 Å². The van der Waals surface area contributed by atoms with Crippen molar-refractivity contribution in [3.8, 4) is 0 Å². The van der Waals surface area contributed by atoms with Gasteiger partial charge in [0, 0.05) is 19.1 Å². The van der Waals surface area contributed by atoms with Gasteiger partial charge in [0.25, 0.3) is 5.91 Å². The molecule has 27 heavy (non-hydrogen) atoms. The summed E-state index contributed by atoms with van der Waals surface area (Å²) in [6.45, 7) is 4.81. The number of hydrogen-bond acceptors (Lipinski definition) is 4. The van der Waals surface area contributed by atoms with E-state index >= 15 is 0 Å². The number of carbonyl (C=O) groups is 2. The third kappa shape index (κ3) is 3.90. The minimum absolute atomic E-state index is 0.00733. The Bertz CT molecular complexity index is 877. The number of benzene rings is 1. The second-order valence-electron chi connectivity index (χ2n) is 7.53. The summed E-state index contributed by atoms with van der Waals surface area (Å²) in [6, 6.07) is 7.57. The number of imidazole rings is 1. The maximum absolute atomic E-state index is 12.8. The predicted molar refractivity (Wildman–Crippen MR) is 100 cm³/mol. The lowest BCUT2D eigenvalue weighted by Crippen LogP contribution is -2.47. The first-order valence-corrected chi connectivity index (χ1v) is 9.34. The number of hydroxylamine groups is 1. The van der Waals surface area contributed by atoms with Crippen molar-refractivity contribution in [2.24, 2.45) is 11.8 Å². The number of nitrogens with zero attached hydrogens (tertiary/aromatic N) is 2. The van der Waals surface area contributed by atoms with E-state index in [4.69, 9.17) is 5.21 Å². The number of likely N-dealkylation sites (tertiary alicyclic amines) is 1. The fourth-order valence-electron chi connectivity index (χ4n) is 3.87. The molecule has 8 heteroatoms. The van der Waals surface area contributed by atoms with Crippen LogP contribution in [0.5, 0.6) is 0 Å². The molecule has 146 valence electrons. The molecule has 1 aliphatic rings. The number of rotatable bonds is 5. The van der Waals surface area contributed by atoms with Gasteiger partial charge in [0.1, 0.15) is 5.92 Å². The minimum atomic E-state index is -0.887. The van der Waals surface area contributed by atoms with E-state index in [2.05, 4.69) is 4.98 Å². The Kier molecular flexibility index (Phi) is 5.65. The number of H-pyrrole nitrogens is 1. The summed E-state index contributed by atoms with van der Waals surface area (Å²) in [5, 5.41) is 8.95. The second kappa shape index (κ2) is 7.96. The SMILES string of the molecule is CC(C)CC(C(=O)NO)C(=O)N1CCC(n2c(=O)[nH]c3ccccc32)CC1. The number of fused-ring (bicyclic) bond motifs is 1. The molecule has 2 aromatic rings. The molecule has 8 nitrogen and oxygen atoms in total. The molecule has 0 radical (unpaired) electrons. The van der Waals surface area contributed by atoms with Gasteiger partial charge in [0.2, 0.25) is 5.91 Å². The zero-order chi connectivity index (χ0) is 19.6. The molecule has 1 atom stereocenters. The maximum atomic E-state index is 12.8. The number of aromatic nitrogens is 2. The highest BCUT2D eigenvalue weighted by Crippen LogP contribution is 2.26. The average Bonchev–Trinajstić information content (AvgIpc) is 3.00. The van der Waals surface area contributed by atoms with Gasteiger partial charge in [0.15, 0.2) is 0 Å². The van der Waals surface area contributed by atoms with E-state index in [1.54, 1.807) is 14.9 Å². The van der Waals surface area contributed by atoms with Crippen molar-refractivity contribution in [3.63, 3.8) is 0 Å². The summed E-state index contributed by atoms with van der Waals surface area (Å²) in [7, 11) is 0. The standard InChI is InChI=1S/C19H26N4O4/c1-12(2)11-14(17(24)21-27)18(25)22-9-7-13(8-10-22)23-16-6-4-3-5-15(16)20-19(23)26/h3-6,12-14,27H,7-11H2,1-2H3,(H,20,26)(H,21,24). The molecular formula is C19H26N4O4. The summed E-state index contributed by atoms with van der Waals surface area (Å²) in [5.74, 6) is -1.66. The van der Waals surface area contributed by atoms with Gasteiger partial charge in [0.05, 0.1) is 11.0 Å². The van der Waals surface area contributed by atoms with E-state index < -0.39 is 11.8 Å². The molecule has 0 saturated carbocycles. The summed E-state index contributed by atoms with van der Waals surface area (Å²) in [6.07, 6.45) is 1.67. The van der Waals surface area contributed by atoms with Crippen LogP contribution in [0.25, 0.3) is 11.0 Å². The lowest BCUT2D eigenvalue weighted by atomic mass is 9.93. The van der Waals surface area contributed by atoms with Gasteiger partial charge in [-0.15, -0.1) is 0 Å². The monoisotopic (exact) mass is 374 g/mol. The fourth-order valence-corrected chi connectivity index (χ4v) is 3.87. The van der Waals surface area contributed by atoms with Gasteiger partial charge >= 0.3 is 5.69 Å². The first-order chi connectivity index (χ1) is 12.9. The first-order valence-electron chi connectivity index (χ1n) is 9.34. The highest BCUT2D eigenvalue weighted by atomic mass is 16.5. The van der Waals surface area contributed by atoms with Crippen LogP contribution in [0.15, 0.2) is 29.1 Å². The van der Waals surface area contributed by atoms with Gasteiger partial charge < -0.3 is 9.88 Å². The van der Waals surface area contributed by atoms with Crippen molar-refractivity contribution in [2.75, 3.05) is 13.1 Å². The first kappa shape index (κ1) is 19.2. The molecule has 1 fully saturated rings. The summed E-state index contributed by atoms with van der Waals surface area (Å²) >= 11 is 0. The van der Waals surface area contributed by atoms with Crippen molar-refractivity contribution in [1.29, 1.82) is 0 Å². The molecule has 1 saturated heterocycles. The molecule has 1 aromatic carbocycles. The Morgan fingerprint density at radius 1 is 1.26 bits per heavy atom. The number of amides is 2. The minimum Gasteiger partial charge on any atom is -0.342 e. The highest BCUT2D eigenvalue weighted by molar-refractivity contribution is 5.99. The summed E-state index contributed by atoms with van der Waals surface area (Å²) in [4.78, 5) is 41.6. The number of aromatic amines is 1. The van der Waals surface area contributed by atoms with Crippen molar-refractivity contribution in [3.05, 3.63) is 34.7 Å². The number of carbonyl (C=O) groups excluding carboxylic acids is 2. The molecule has 0 bridgehead atoms. The molecule has 3 N–H and O–H groups in total. The second-order valence-corrected chi connectivity index (χ2v) is 7.53. The van der Waals surface area contributed by atoms with E-state index in [1.165, 1.54) is 0 Å². The van der Waals surface area contributed by atoms with Crippen LogP contribution in [0.1, 0.15) is 39.2 Å². The molecule has 1 aliphatic heterocycles. The Morgan fingerprint density at radius 2 is 1.93 bits per heavy atom. The van der Waals surface area contributed by atoms with Gasteiger partial charge in [-0.3, -0.25) is 19.4 Å². The van der Waals surface area contributed by atoms with Crippen LogP contribution >= 0.6 is 0 Å². The largest absolute Gasteiger partial charge is 0.342 e. The Labute approximate surface area is 157 Å². The van der Waals surface area contributed by atoms with Crippen molar-refractivity contribution in [2.45, 2.75) is 39.2 Å². The molecule has 2 heterocycles. The number of nitrogens with one attached hydrogen (secondary N) is 2. The number of piperidine rings is 1. The van der Waals surface area contributed by atoms with Gasteiger partial charge in [-0.25, -0.2) is 10.3 Å². The maximum Gasteiger partial charge on any atom is 0.326 e. The van der Waals surface area contributed by atoms with E-state index in [0.29, 0.717) is 32.4 Å². The van der Waals surface area contributed by atoms with Crippen LogP contribution in [0, 0.1) is 11.8 Å². The van der Waals surface area contributed by atoms with E-state index in [9.17, 15) is 14.4 Å². The molecule has 3 rings (SSSR count). The lowest BCUT2D eigenvalue weighted by Gasteiger charge is -2.34. The van der Waals surface area contributed by atoms with E-state index in [0.717, 1.165) is 11.0 Å². The van der Waals surface area contributed by atoms with Crippen LogP contribution in [0.2, 0.25) is 0 Å². The molecule has 2 amide bonds. The fraction of sp³-hybridized carbons (Fsp3) is 0.526. The van der Waals surface area contributed by atoms with Crippen molar-refractivity contribution >= 4 is 22.8 Å². The van der Waals surface area contributed by atoms with Crippen LogP contribution in [-0.2, 0) is 9.59 Å². The van der Waals surface area contributed by atoms with E-state index in [1.807, 2.05) is 38.1 Å². The van der Waals surface area contributed by atoms with Gasteiger partial charge in [-0.2, -0.15) is 0 Å². The molecule has 0 spiro atoms. The molecule has 1 aromatic heterocycles. The van der Waals surface area contributed by atoms with Crippen LogP contribution < -0.4 is 11.2 Å². The molecular weight excluding hydrogens is 348 g/mol. The normalized spacial score (nSPS) is 16.7. The molecule has 1 unspecified atom stereocenters. The van der Waals surface area contributed by atoms with Crippen molar-refractivity contribution < 1.29 is 14.8 Å². The Morgan fingerprint density at radius 3 is 2.56 bits per heavy atom. The highest BCUT2D eigenvalue weighted by Gasteiger charge is 2.34. The number of para-hydroxylation sites is 2. The number of hydrogen-bond donors (Lipinski definition) is 3. The van der Waals surface area contributed by atoms with E-state index in [-0.39, 0.29) is 23.6 Å². The quantitative estimate of drug-likeness (QED) is 0.420. The zero-order valence-corrected chi connectivity index (χ0v) is 15.6. The lowest BCUT2D eigenvalue weighted by molar-refractivity contribution is -0.147. The zero-order valence-electron chi connectivity index (χ0n) is 15.6. The Hall–Kier alpha value is -2.61. The van der Waals surface area contributed by atoms with Gasteiger partial charge in [-0.1, -0.05) is 26.0 Å². The Balaban J connectivity index is 1.72. The van der Waals surface area contributed by atoms with Crippen LogP contribution in [0.3, 0.4) is 0 Å². The predicted octanol–water partition coefficient (Wildman–Crippen LogP) is 1.66. The third-order valence-corrected chi connectivity index (χ3v) is 5.20. The average molecular weight is 374 g/mol. The van der Waals surface area contributed by atoms with Crippen LogP contribution in [-0.4, -0.2) is 44.6 Å². The summed E-state index contributed by atoms with van der Waals surface area (Å²) in [5.41, 5.74) is 3.14. The van der Waals surface area contributed by atoms with Gasteiger partial charge in [-0.05, 0) is 37.3 Å². The summed E-state index contributed by atoms with van der Waals surface area (Å²) < 4.78 is 1.77. The van der Waals surface area contributed by atoms with Crippen molar-refractivity contribution in [1.82, 2.24) is 19.9 Å². The smallest absolute Gasteiger partial charge is 0.326 e. The third-order valence-electron chi connectivity index (χ3n) is 5.20.